The summed E-state index contributed by atoms with van der Waals surface area (Å²) in [5.41, 5.74) is 2.84. The molecule has 9 nitrogen and oxygen atoms in total. The van der Waals surface area contributed by atoms with Gasteiger partial charge in [0.25, 0.3) is 5.17 Å². The van der Waals surface area contributed by atoms with Crippen molar-refractivity contribution in [3.63, 3.8) is 0 Å². The maximum Gasteiger partial charge on any atom is 0.414 e. The van der Waals surface area contributed by atoms with E-state index >= 15 is 0 Å². The summed E-state index contributed by atoms with van der Waals surface area (Å²) < 4.78 is 39.9. The van der Waals surface area contributed by atoms with E-state index in [1.165, 1.54) is 17.0 Å². The van der Waals surface area contributed by atoms with E-state index in [0.717, 1.165) is 12.1 Å². The van der Waals surface area contributed by atoms with Gasteiger partial charge in [0.05, 0.1) is 32.4 Å². The molecule has 0 aliphatic carbocycles. The van der Waals surface area contributed by atoms with Gasteiger partial charge in [-0.2, -0.15) is 0 Å². The molecule has 2 saturated heterocycles. The van der Waals surface area contributed by atoms with Crippen LogP contribution in [0, 0.1) is 11.6 Å². The Morgan fingerprint density at radius 2 is 2.00 bits per heavy atom. The minimum absolute atomic E-state index is 0. The second-order valence-electron chi connectivity index (χ2n) is 7.04. The molecule has 1 aromatic rings. The number of anilines is 2. The Kier molecular flexibility index (Phi) is 8.96. The number of thiocarbonyl (C=S) groups is 1. The maximum absolute atomic E-state index is 14.9. The number of carbonyl (C=O) groups is 2. The third kappa shape index (κ3) is 5.74. The lowest BCUT2D eigenvalue weighted by atomic mass is 10.2. The lowest BCUT2D eigenvalue weighted by molar-refractivity contribution is -0.133. The third-order valence-electron chi connectivity index (χ3n) is 5.04. The Bertz CT molecular complexity index is 836. The van der Waals surface area contributed by atoms with Crippen LogP contribution >= 0.6 is 12.2 Å². The number of carbonyl (C=O) groups excluding carboxylic acids is 2. The first-order valence-corrected chi connectivity index (χ1v) is 10.3. The number of hydrazine groups is 1. The average molecular weight is 474 g/mol. The summed E-state index contributed by atoms with van der Waals surface area (Å²) >= 11 is 4.87. The fourth-order valence-electron chi connectivity index (χ4n) is 3.48. The molecule has 0 bridgehead atoms. The van der Waals surface area contributed by atoms with E-state index in [1.807, 2.05) is 0 Å². The number of hydrogen-bond acceptors (Lipinski definition) is 7. The van der Waals surface area contributed by atoms with Gasteiger partial charge in [-0.15, -0.1) is 0 Å². The number of rotatable bonds is 5. The second kappa shape index (κ2) is 11.2. The summed E-state index contributed by atoms with van der Waals surface area (Å²) in [4.78, 5) is 26.8. The number of halogens is 2. The summed E-state index contributed by atoms with van der Waals surface area (Å²) in [7, 11) is 1.41. The highest BCUT2D eigenvalue weighted by Gasteiger charge is 2.34. The highest BCUT2D eigenvalue weighted by Crippen LogP contribution is 2.31. The predicted octanol–water partition coefficient (Wildman–Crippen LogP) is 2.01. The second-order valence-corrected chi connectivity index (χ2v) is 7.41. The van der Waals surface area contributed by atoms with Crippen molar-refractivity contribution in [2.24, 2.45) is 0 Å². The van der Waals surface area contributed by atoms with Crippen molar-refractivity contribution in [3.05, 3.63) is 23.8 Å². The van der Waals surface area contributed by atoms with Crippen LogP contribution in [-0.2, 0) is 14.3 Å². The molecule has 178 valence electrons. The molecule has 2 aliphatic rings. The Morgan fingerprint density at radius 3 is 2.62 bits per heavy atom. The molecular formula is C20H29F2N5O4S. The molecule has 2 N–H and O–H groups in total. The number of hydrogen-bond donors (Lipinski definition) is 2. The van der Waals surface area contributed by atoms with Gasteiger partial charge in [0.1, 0.15) is 11.8 Å². The molecule has 12 heteroatoms. The lowest BCUT2D eigenvalue weighted by Crippen LogP contribution is -2.43. The van der Waals surface area contributed by atoms with Gasteiger partial charge in [0, 0.05) is 38.2 Å². The Labute approximate surface area is 191 Å². The van der Waals surface area contributed by atoms with Gasteiger partial charge in [0.2, 0.25) is 5.91 Å². The molecule has 0 unspecified atom stereocenters. The molecule has 0 aromatic heterocycles. The fourth-order valence-corrected chi connectivity index (χ4v) is 3.56. The minimum Gasteiger partial charge on any atom is -0.474 e. The van der Waals surface area contributed by atoms with E-state index in [-0.39, 0.29) is 49.5 Å². The first kappa shape index (κ1) is 25.5. The molecule has 1 aromatic carbocycles. The number of ether oxygens (including phenoxy) is 2. The van der Waals surface area contributed by atoms with Crippen LogP contribution in [-0.4, -0.2) is 74.7 Å². The van der Waals surface area contributed by atoms with Gasteiger partial charge in [-0.1, -0.05) is 14.4 Å². The predicted molar refractivity (Wildman–Crippen MR) is 121 cm³/mol. The molecule has 1 atom stereocenters. The molecule has 3 rings (SSSR count). The van der Waals surface area contributed by atoms with E-state index in [1.54, 1.807) is 11.8 Å². The normalized spacial score (nSPS) is 18.6. The van der Waals surface area contributed by atoms with Crippen LogP contribution in [0.2, 0.25) is 0 Å². The van der Waals surface area contributed by atoms with Crippen molar-refractivity contribution in [1.82, 2.24) is 15.8 Å². The summed E-state index contributed by atoms with van der Waals surface area (Å²) in [5.74, 6) is -1.67. The first-order valence-electron chi connectivity index (χ1n) is 9.91. The zero-order valence-corrected chi connectivity index (χ0v) is 18.1. The molecule has 2 fully saturated rings. The van der Waals surface area contributed by atoms with Gasteiger partial charge >= 0.3 is 6.09 Å². The topological polar surface area (TPSA) is 86.4 Å². The van der Waals surface area contributed by atoms with Crippen molar-refractivity contribution < 1.29 is 27.8 Å². The summed E-state index contributed by atoms with van der Waals surface area (Å²) in [6.45, 7) is 3.32. The standard InChI is InChI=1S/C19H25F2N5O4S.CH4/c1-3-16(27)26-7-6-24(5-4-23-26)17-14(20)8-12(9-15(17)21)25-11-13(30-19(25)28)10-22-18(31)29-2;/h8-9,13,23H,3-7,10-11H2,1-2H3,(H,22,31);1H4/t13-;/m0./s1. The largest absolute Gasteiger partial charge is 0.474 e. The number of benzene rings is 1. The number of nitrogens with one attached hydrogen (secondary N) is 2. The molecule has 2 amide bonds. The minimum atomic E-state index is -0.791. The van der Waals surface area contributed by atoms with Crippen molar-refractivity contribution in [1.29, 1.82) is 0 Å². The smallest absolute Gasteiger partial charge is 0.414 e. The van der Waals surface area contributed by atoms with Crippen molar-refractivity contribution in [2.45, 2.75) is 26.9 Å². The molecule has 2 heterocycles. The van der Waals surface area contributed by atoms with E-state index in [0.29, 0.717) is 26.1 Å². The van der Waals surface area contributed by atoms with Crippen molar-refractivity contribution in [3.8, 4) is 0 Å². The van der Waals surface area contributed by atoms with Crippen LogP contribution < -0.4 is 20.5 Å². The highest BCUT2D eigenvalue weighted by molar-refractivity contribution is 7.80. The van der Waals surface area contributed by atoms with Crippen LogP contribution in [0.3, 0.4) is 0 Å². The van der Waals surface area contributed by atoms with Crippen LogP contribution in [0.15, 0.2) is 12.1 Å². The molecule has 0 spiro atoms. The van der Waals surface area contributed by atoms with E-state index in [9.17, 15) is 18.4 Å². The number of amides is 2. The number of nitrogens with zero attached hydrogens (tertiary/aromatic N) is 3. The third-order valence-corrected chi connectivity index (χ3v) is 5.36. The SMILES string of the molecule is C.CCC(=O)N1CCN(c2c(F)cc(N3C[C@H](CNC(=S)OC)OC3=O)cc2F)CCN1. The Morgan fingerprint density at radius 1 is 1.31 bits per heavy atom. The molecular weight excluding hydrogens is 444 g/mol. The van der Waals surface area contributed by atoms with E-state index in [4.69, 9.17) is 21.7 Å². The van der Waals surface area contributed by atoms with E-state index < -0.39 is 23.8 Å². The van der Waals surface area contributed by atoms with Crippen LogP contribution in [0.5, 0.6) is 0 Å². The van der Waals surface area contributed by atoms with Gasteiger partial charge < -0.3 is 19.7 Å². The van der Waals surface area contributed by atoms with Crippen LogP contribution in [0.1, 0.15) is 20.8 Å². The zero-order chi connectivity index (χ0) is 22.5. The van der Waals surface area contributed by atoms with Crippen LogP contribution in [0.4, 0.5) is 25.0 Å². The average Bonchev–Trinajstić information content (AvgIpc) is 2.95. The molecule has 32 heavy (non-hydrogen) atoms. The van der Waals surface area contributed by atoms with Gasteiger partial charge in [-0.05, 0) is 12.2 Å². The number of cyclic esters (lactones) is 1. The van der Waals surface area contributed by atoms with E-state index in [2.05, 4.69) is 10.7 Å². The lowest BCUT2D eigenvalue weighted by Gasteiger charge is -2.25. The van der Waals surface area contributed by atoms with Gasteiger partial charge in [-0.3, -0.25) is 14.7 Å². The van der Waals surface area contributed by atoms with Crippen molar-refractivity contribution >= 4 is 40.8 Å². The Balaban J connectivity index is 0.00000363. The summed E-state index contributed by atoms with van der Waals surface area (Å²) in [6, 6.07) is 2.23. The monoisotopic (exact) mass is 473 g/mol. The Hall–Kier alpha value is -2.73. The maximum atomic E-state index is 14.9. The number of methoxy groups -OCH3 is 1. The molecule has 2 aliphatic heterocycles. The summed E-state index contributed by atoms with van der Waals surface area (Å²) in [6.07, 6.45) is -0.913. The van der Waals surface area contributed by atoms with Gasteiger partial charge in [-0.25, -0.2) is 19.0 Å². The summed E-state index contributed by atoms with van der Waals surface area (Å²) in [5, 5.41) is 4.40. The zero-order valence-electron chi connectivity index (χ0n) is 17.3. The van der Waals surface area contributed by atoms with Gasteiger partial charge in [0.15, 0.2) is 11.6 Å². The molecule has 0 radical (unpaired) electrons. The van der Waals surface area contributed by atoms with Crippen molar-refractivity contribution in [2.75, 3.05) is 56.2 Å². The van der Waals surface area contributed by atoms with Crippen LogP contribution in [0.25, 0.3) is 0 Å². The fraction of sp³-hybridized carbons (Fsp3) is 0.550. The molecule has 0 saturated carbocycles. The highest BCUT2D eigenvalue weighted by atomic mass is 32.1. The first-order chi connectivity index (χ1) is 14.8. The quantitative estimate of drug-likeness (QED) is 0.629.